The lowest BCUT2D eigenvalue weighted by Gasteiger charge is -2.11. The maximum Gasteiger partial charge on any atom is 0.136 e. The summed E-state index contributed by atoms with van der Waals surface area (Å²) in [6.45, 7) is 8.62. The van der Waals surface area contributed by atoms with E-state index in [-0.39, 0.29) is 5.92 Å². The van der Waals surface area contributed by atoms with E-state index in [1.54, 1.807) is 0 Å². The molecule has 2 N–H and O–H groups in total. The van der Waals surface area contributed by atoms with Crippen molar-refractivity contribution in [1.82, 2.24) is 10.6 Å². The third-order valence-corrected chi connectivity index (χ3v) is 2.00. The van der Waals surface area contributed by atoms with Gasteiger partial charge < -0.3 is 10.6 Å². The minimum atomic E-state index is 0.151. The molecule has 0 aliphatic heterocycles. The molecule has 0 spiro atoms. The van der Waals surface area contributed by atoms with Gasteiger partial charge in [-0.15, -0.1) is 0 Å². The predicted molar refractivity (Wildman–Crippen MR) is 55.6 cm³/mol. The Bertz CT molecular complexity index is 137. The molecule has 0 heterocycles. The predicted octanol–water partition coefficient (Wildman–Crippen LogP) is 1.15. The van der Waals surface area contributed by atoms with Gasteiger partial charge in [-0.1, -0.05) is 20.8 Å². The molecule has 0 amide bonds. The van der Waals surface area contributed by atoms with E-state index in [1.807, 2.05) is 13.8 Å². The van der Waals surface area contributed by atoms with Gasteiger partial charge in [-0.3, -0.25) is 4.79 Å². The third kappa shape index (κ3) is 6.72. The van der Waals surface area contributed by atoms with Crippen LogP contribution >= 0.6 is 0 Å². The summed E-state index contributed by atoms with van der Waals surface area (Å²) in [5.74, 6) is 0.519. The average Bonchev–Trinajstić information content (AvgIpc) is 2.12. The lowest BCUT2D eigenvalue weighted by atomic mass is 10.0. The number of ketones is 1. The first-order chi connectivity index (χ1) is 6.22. The standard InChI is InChI=1S/C10H22N2O/c1-4-6-10(13)9(3)7-12-8-11-5-2/h9,11-12H,4-8H2,1-3H3. The Hall–Kier alpha value is -0.410. The molecule has 0 saturated heterocycles. The first-order valence-electron chi connectivity index (χ1n) is 5.16. The van der Waals surface area contributed by atoms with E-state index < -0.39 is 0 Å². The molecule has 0 saturated carbocycles. The van der Waals surface area contributed by atoms with Gasteiger partial charge >= 0.3 is 0 Å². The van der Waals surface area contributed by atoms with E-state index in [4.69, 9.17) is 0 Å². The topological polar surface area (TPSA) is 41.1 Å². The summed E-state index contributed by atoms with van der Waals surface area (Å²) < 4.78 is 0. The van der Waals surface area contributed by atoms with Crippen molar-refractivity contribution >= 4 is 5.78 Å². The number of Topliss-reactive ketones (excluding diaryl/α,β-unsaturated/α-hetero) is 1. The van der Waals surface area contributed by atoms with Crippen molar-refractivity contribution in [2.75, 3.05) is 19.8 Å². The normalized spacial score (nSPS) is 12.8. The molecule has 1 atom stereocenters. The van der Waals surface area contributed by atoms with Crippen LogP contribution in [0.15, 0.2) is 0 Å². The summed E-state index contributed by atoms with van der Waals surface area (Å²) in [7, 11) is 0. The molecule has 0 aromatic heterocycles. The summed E-state index contributed by atoms with van der Waals surface area (Å²) in [5.41, 5.74) is 0. The molecule has 0 aromatic carbocycles. The Labute approximate surface area is 81.3 Å². The Kier molecular flexibility index (Phi) is 7.94. The monoisotopic (exact) mass is 186 g/mol. The minimum Gasteiger partial charge on any atom is -0.305 e. The highest BCUT2D eigenvalue weighted by Gasteiger charge is 2.10. The van der Waals surface area contributed by atoms with Crippen LogP contribution in [0.1, 0.15) is 33.6 Å². The Morgan fingerprint density at radius 2 is 2.00 bits per heavy atom. The molecule has 3 heteroatoms. The molecule has 1 unspecified atom stereocenters. The van der Waals surface area contributed by atoms with Crippen LogP contribution in [0.25, 0.3) is 0 Å². The molecule has 0 aliphatic rings. The van der Waals surface area contributed by atoms with Gasteiger partial charge in [-0.2, -0.15) is 0 Å². The SMILES string of the molecule is CCCC(=O)C(C)CNCNCC. The van der Waals surface area contributed by atoms with Crippen LogP contribution in [0.3, 0.4) is 0 Å². The van der Waals surface area contributed by atoms with E-state index in [0.717, 1.165) is 26.2 Å². The lowest BCUT2D eigenvalue weighted by molar-refractivity contribution is -0.122. The van der Waals surface area contributed by atoms with Gasteiger partial charge in [-0.05, 0) is 13.0 Å². The zero-order chi connectivity index (χ0) is 10.1. The number of hydrogen-bond donors (Lipinski definition) is 2. The Balaban J connectivity index is 3.38. The zero-order valence-corrected chi connectivity index (χ0v) is 9.02. The number of rotatable bonds is 8. The third-order valence-electron chi connectivity index (χ3n) is 2.00. The van der Waals surface area contributed by atoms with E-state index >= 15 is 0 Å². The summed E-state index contributed by atoms with van der Waals surface area (Å²) in [5, 5.41) is 6.35. The van der Waals surface area contributed by atoms with Crippen molar-refractivity contribution < 1.29 is 4.79 Å². The van der Waals surface area contributed by atoms with E-state index in [9.17, 15) is 4.79 Å². The van der Waals surface area contributed by atoms with Gasteiger partial charge in [0, 0.05) is 25.6 Å². The fourth-order valence-electron chi connectivity index (χ4n) is 1.11. The van der Waals surface area contributed by atoms with Gasteiger partial charge in [-0.25, -0.2) is 0 Å². The molecule has 78 valence electrons. The molecule has 0 aromatic rings. The van der Waals surface area contributed by atoms with Crippen molar-refractivity contribution in [2.45, 2.75) is 33.6 Å². The minimum absolute atomic E-state index is 0.151. The van der Waals surface area contributed by atoms with Gasteiger partial charge in [0.15, 0.2) is 0 Å². The largest absolute Gasteiger partial charge is 0.305 e. The van der Waals surface area contributed by atoms with Crippen LogP contribution in [-0.4, -0.2) is 25.5 Å². The molecule has 0 radical (unpaired) electrons. The van der Waals surface area contributed by atoms with E-state index in [2.05, 4.69) is 17.6 Å². The smallest absolute Gasteiger partial charge is 0.136 e. The summed E-state index contributed by atoms with van der Waals surface area (Å²) in [6, 6.07) is 0. The van der Waals surface area contributed by atoms with Gasteiger partial charge in [0.2, 0.25) is 0 Å². The summed E-state index contributed by atoms with van der Waals surface area (Å²) in [6.07, 6.45) is 1.67. The summed E-state index contributed by atoms with van der Waals surface area (Å²) >= 11 is 0. The number of carbonyl (C=O) groups excluding carboxylic acids is 1. The quantitative estimate of drug-likeness (QED) is 0.441. The molecule has 0 rings (SSSR count). The molecule has 0 fully saturated rings. The second-order valence-corrected chi connectivity index (χ2v) is 3.35. The second kappa shape index (κ2) is 8.20. The number of nitrogens with one attached hydrogen (secondary N) is 2. The molecular formula is C10H22N2O. The average molecular weight is 186 g/mol. The second-order valence-electron chi connectivity index (χ2n) is 3.35. The van der Waals surface area contributed by atoms with Crippen LogP contribution in [0.4, 0.5) is 0 Å². The zero-order valence-electron chi connectivity index (χ0n) is 9.02. The molecular weight excluding hydrogens is 164 g/mol. The molecule has 0 bridgehead atoms. The van der Waals surface area contributed by atoms with Crippen molar-refractivity contribution in [3.8, 4) is 0 Å². The first kappa shape index (κ1) is 12.6. The Morgan fingerprint density at radius 1 is 1.31 bits per heavy atom. The molecule has 0 aliphatic carbocycles. The molecule has 13 heavy (non-hydrogen) atoms. The van der Waals surface area contributed by atoms with Crippen molar-refractivity contribution in [1.29, 1.82) is 0 Å². The van der Waals surface area contributed by atoms with Crippen molar-refractivity contribution in [3.63, 3.8) is 0 Å². The number of hydrogen-bond acceptors (Lipinski definition) is 3. The van der Waals surface area contributed by atoms with Crippen molar-refractivity contribution in [2.24, 2.45) is 5.92 Å². The highest BCUT2D eigenvalue weighted by atomic mass is 16.1. The van der Waals surface area contributed by atoms with Gasteiger partial charge in [0.05, 0.1) is 0 Å². The van der Waals surface area contributed by atoms with Crippen LogP contribution < -0.4 is 10.6 Å². The number of carbonyl (C=O) groups is 1. The van der Waals surface area contributed by atoms with Gasteiger partial charge in [0.25, 0.3) is 0 Å². The van der Waals surface area contributed by atoms with E-state index in [0.29, 0.717) is 12.2 Å². The van der Waals surface area contributed by atoms with Crippen LogP contribution in [0.5, 0.6) is 0 Å². The maximum atomic E-state index is 11.3. The lowest BCUT2D eigenvalue weighted by Crippen LogP contribution is -2.34. The maximum absolute atomic E-state index is 11.3. The Morgan fingerprint density at radius 3 is 2.54 bits per heavy atom. The van der Waals surface area contributed by atoms with E-state index in [1.165, 1.54) is 0 Å². The van der Waals surface area contributed by atoms with Gasteiger partial charge in [0.1, 0.15) is 5.78 Å². The highest BCUT2D eigenvalue weighted by molar-refractivity contribution is 5.80. The fraction of sp³-hybridized carbons (Fsp3) is 0.900. The summed E-state index contributed by atoms with van der Waals surface area (Å²) in [4.78, 5) is 11.3. The fourth-order valence-corrected chi connectivity index (χ4v) is 1.11. The van der Waals surface area contributed by atoms with Crippen LogP contribution in [0.2, 0.25) is 0 Å². The first-order valence-corrected chi connectivity index (χ1v) is 5.16. The van der Waals surface area contributed by atoms with Crippen LogP contribution in [-0.2, 0) is 4.79 Å². The van der Waals surface area contributed by atoms with Crippen molar-refractivity contribution in [3.05, 3.63) is 0 Å². The highest BCUT2D eigenvalue weighted by Crippen LogP contribution is 2.00. The molecule has 3 nitrogen and oxygen atoms in total. The van der Waals surface area contributed by atoms with Crippen LogP contribution in [0, 0.1) is 5.92 Å².